The third-order valence-corrected chi connectivity index (χ3v) is 5.71. The maximum Gasteiger partial charge on any atom is 0.295 e. The number of hydrogen-bond donors (Lipinski definition) is 1. The molecule has 2 aromatic carbocycles. The number of rotatable bonds is 6. The number of aliphatic hydroxyl groups excluding tert-OH is 1. The molecule has 1 atom stereocenters. The van der Waals surface area contributed by atoms with Crippen molar-refractivity contribution in [3.8, 4) is 5.75 Å². The zero-order valence-corrected chi connectivity index (χ0v) is 18.0. The number of nitrogens with zero attached hydrogens (tertiary/aromatic N) is 2. The maximum atomic E-state index is 13.1. The van der Waals surface area contributed by atoms with Gasteiger partial charge in [0.2, 0.25) is 0 Å². The largest absolute Gasteiger partial charge is 0.507 e. The second kappa shape index (κ2) is 9.06. The van der Waals surface area contributed by atoms with Crippen molar-refractivity contribution < 1.29 is 19.4 Å². The van der Waals surface area contributed by atoms with Gasteiger partial charge in [0.15, 0.2) is 0 Å². The smallest absolute Gasteiger partial charge is 0.295 e. The average Bonchev–Trinajstić information content (AvgIpc) is 3.09. The normalized spacial score (nSPS) is 17.6. The molecule has 1 N–H and O–H groups in total. The van der Waals surface area contributed by atoms with Crippen LogP contribution in [0.5, 0.6) is 5.75 Å². The highest BCUT2D eigenvalue weighted by Crippen LogP contribution is 2.40. The molecule has 1 aliphatic rings. The third kappa shape index (κ3) is 3.99. The topological polar surface area (TPSA) is 79.7 Å². The summed E-state index contributed by atoms with van der Waals surface area (Å²) in [7, 11) is 1.57. The van der Waals surface area contributed by atoms with Gasteiger partial charge >= 0.3 is 0 Å². The number of aromatic nitrogens is 1. The summed E-state index contributed by atoms with van der Waals surface area (Å²) >= 11 is 0. The molecule has 1 amide bonds. The number of carbonyl (C=O) groups is 2. The highest BCUT2D eigenvalue weighted by Gasteiger charge is 2.46. The van der Waals surface area contributed by atoms with E-state index < -0.39 is 17.7 Å². The van der Waals surface area contributed by atoms with Crippen LogP contribution in [0.2, 0.25) is 0 Å². The number of Topliss-reactive ketones (excluding diaryl/α,β-unsaturated/α-hetero) is 1. The van der Waals surface area contributed by atoms with Crippen molar-refractivity contribution >= 4 is 17.4 Å². The fourth-order valence-corrected chi connectivity index (χ4v) is 3.91. The van der Waals surface area contributed by atoms with E-state index >= 15 is 0 Å². The van der Waals surface area contributed by atoms with Gasteiger partial charge in [-0.3, -0.25) is 14.6 Å². The Kier molecular flexibility index (Phi) is 6.03. The van der Waals surface area contributed by atoms with Gasteiger partial charge in [0.1, 0.15) is 11.5 Å². The first-order valence-electron chi connectivity index (χ1n) is 10.4. The van der Waals surface area contributed by atoms with Gasteiger partial charge in [-0.2, -0.15) is 0 Å². The molecule has 1 saturated heterocycles. The predicted molar refractivity (Wildman–Crippen MR) is 121 cm³/mol. The van der Waals surface area contributed by atoms with E-state index in [1.54, 1.807) is 55.9 Å². The molecule has 0 saturated carbocycles. The standard InChI is InChI=1S/C26H24N2O4/c1-3-17-4-6-20(7-5-17)24(29)22-23(19-8-10-21(32-2)11-9-19)28(26(31)25(22)30)16-18-12-14-27-15-13-18/h4-15,23,29H,3,16H2,1-2H3/b24-22+. The highest BCUT2D eigenvalue weighted by atomic mass is 16.5. The second-order valence-corrected chi connectivity index (χ2v) is 7.61. The molecule has 0 radical (unpaired) electrons. The van der Waals surface area contributed by atoms with Gasteiger partial charge in [0, 0.05) is 24.5 Å². The molecular formula is C26H24N2O4. The van der Waals surface area contributed by atoms with Crippen LogP contribution in [-0.4, -0.2) is 33.8 Å². The number of hydrogen-bond acceptors (Lipinski definition) is 5. The van der Waals surface area contributed by atoms with Gasteiger partial charge in [-0.15, -0.1) is 0 Å². The summed E-state index contributed by atoms with van der Waals surface area (Å²) in [6.45, 7) is 2.26. The molecule has 1 aromatic heterocycles. The first-order chi connectivity index (χ1) is 15.5. The summed E-state index contributed by atoms with van der Waals surface area (Å²) in [5.41, 5.74) is 3.26. The minimum Gasteiger partial charge on any atom is -0.507 e. The zero-order chi connectivity index (χ0) is 22.7. The number of aliphatic hydroxyl groups is 1. The van der Waals surface area contributed by atoms with Gasteiger partial charge in [0.25, 0.3) is 11.7 Å². The molecule has 32 heavy (non-hydrogen) atoms. The first kappa shape index (κ1) is 21.3. The second-order valence-electron chi connectivity index (χ2n) is 7.61. The molecule has 0 spiro atoms. The fraction of sp³-hybridized carbons (Fsp3) is 0.192. The van der Waals surface area contributed by atoms with Crippen molar-refractivity contribution in [2.75, 3.05) is 7.11 Å². The molecule has 6 heteroatoms. The SMILES string of the molecule is CCc1ccc(/C(O)=C2\C(=O)C(=O)N(Cc3ccncc3)C2c2ccc(OC)cc2)cc1. The molecule has 0 bridgehead atoms. The molecule has 0 aliphatic carbocycles. The van der Waals surface area contributed by atoms with Crippen LogP contribution >= 0.6 is 0 Å². The number of likely N-dealkylation sites (tertiary alicyclic amines) is 1. The van der Waals surface area contributed by atoms with Crippen LogP contribution in [0.1, 0.15) is 35.2 Å². The summed E-state index contributed by atoms with van der Waals surface area (Å²) < 4.78 is 5.25. The van der Waals surface area contributed by atoms with Crippen LogP contribution in [0, 0.1) is 0 Å². The molecule has 2 heterocycles. The minimum atomic E-state index is -0.722. The lowest BCUT2D eigenvalue weighted by molar-refractivity contribution is -0.140. The van der Waals surface area contributed by atoms with Crippen LogP contribution < -0.4 is 4.74 Å². The van der Waals surface area contributed by atoms with Crippen molar-refractivity contribution in [3.63, 3.8) is 0 Å². The van der Waals surface area contributed by atoms with Crippen LogP contribution in [0.3, 0.4) is 0 Å². The third-order valence-electron chi connectivity index (χ3n) is 5.71. The Labute approximate surface area is 186 Å². The van der Waals surface area contributed by atoms with Gasteiger partial charge in [-0.1, -0.05) is 43.3 Å². The molecule has 6 nitrogen and oxygen atoms in total. The number of carbonyl (C=O) groups excluding carboxylic acids is 2. The van der Waals surface area contributed by atoms with Crippen molar-refractivity contribution in [1.29, 1.82) is 0 Å². The van der Waals surface area contributed by atoms with Crippen molar-refractivity contribution in [2.24, 2.45) is 0 Å². The Morgan fingerprint density at radius 3 is 2.22 bits per heavy atom. The summed E-state index contributed by atoms with van der Waals surface area (Å²) in [6.07, 6.45) is 4.15. The minimum absolute atomic E-state index is 0.0819. The summed E-state index contributed by atoms with van der Waals surface area (Å²) in [6, 6.07) is 17.4. The molecule has 4 rings (SSSR count). The van der Waals surface area contributed by atoms with Crippen LogP contribution in [0.25, 0.3) is 5.76 Å². The average molecular weight is 428 g/mol. The number of amides is 1. The summed E-state index contributed by atoms with van der Waals surface area (Å²) in [5, 5.41) is 11.1. The molecular weight excluding hydrogens is 404 g/mol. The Hall–Kier alpha value is -3.93. The van der Waals surface area contributed by atoms with Crippen molar-refractivity contribution in [3.05, 3.63) is 101 Å². The van der Waals surface area contributed by atoms with E-state index in [0.717, 1.165) is 17.5 Å². The van der Waals surface area contributed by atoms with E-state index in [4.69, 9.17) is 4.74 Å². The number of ether oxygens (including phenoxy) is 1. The number of ketones is 1. The highest BCUT2D eigenvalue weighted by molar-refractivity contribution is 6.46. The van der Waals surface area contributed by atoms with Crippen LogP contribution in [0.15, 0.2) is 78.6 Å². The monoisotopic (exact) mass is 428 g/mol. The molecule has 1 unspecified atom stereocenters. The Bertz CT molecular complexity index is 1150. The molecule has 162 valence electrons. The van der Waals surface area contributed by atoms with E-state index in [0.29, 0.717) is 16.9 Å². The van der Waals surface area contributed by atoms with Gasteiger partial charge in [-0.25, -0.2) is 0 Å². The summed E-state index contributed by atoms with van der Waals surface area (Å²) in [5.74, 6) is -0.856. The lowest BCUT2D eigenvalue weighted by Gasteiger charge is -2.25. The molecule has 3 aromatic rings. The molecule has 1 aliphatic heterocycles. The Morgan fingerprint density at radius 2 is 1.62 bits per heavy atom. The number of aryl methyl sites for hydroxylation is 1. The number of pyridine rings is 1. The van der Waals surface area contributed by atoms with Crippen LogP contribution in [0.4, 0.5) is 0 Å². The predicted octanol–water partition coefficient (Wildman–Crippen LogP) is 4.27. The lowest BCUT2D eigenvalue weighted by Crippen LogP contribution is -2.29. The van der Waals surface area contributed by atoms with E-state index in [-0.39, 0.29) is 17.9 Å². The van der Waals surface area contributed by atoms with Gasteiger partial charge < -0.3 is 14.7 Å². The zero-order valence-electron chi connectivity index (χ0n) is 18.0. The Balaban J connectivity index is 1.83. The molecule has 1 fully saturated rings. The quantitative estimate of drug-likeness (QED) is 0.360. The number of benzene rings is 2. The fourth-order valence-electron chi connectivity index (χ4n) is 3.91. The van der Waals surface area contributed by atoms with E-state index in [1.807, 2.05) is 31.2 Å². The van der Waals surface area contributed by atoms with Crippen molar-refractivity contribution in [2.45, 2.75) is 25.9 Å². The first-order valence-corrected chi connectivity index (χ1v) is 10.4. The maximum absolute atomic E-state index is 13.1. The van der Waals surface area contributed by atoms with E-state index in [9.17, 15) is 14.7 Å². The van der Waals surface area contributed by atoms with E-state index in [1.165, 1.54) is 4.90 Å². The van der Waals surface area contributed by atoms with E-state index in [2.05, 4.69) is 4.98 Å². The van der Waals surface area contributed by atoms with Crippen molar-refractivity contribution in [1.82, 2.24) is 9.88 Å². The van der Waals surface area contributed by atoms with Gasteiger partial charge in [0.05, 0.1) is 18.7 Å². The number of methoxy groups -OCH3 is 1. The van der Waals surface area contributed by atoms with Gasteiger partial charge in [-0.05, 0) is 47.4 Å². The summed E-state index contributed by atoms with van der Waals surface area (Å²) in [4.78, 5) is 31.7. The van der Waals surface area contributed by atoms with Crippen LogP contribution in [-0.2, 0) is 22.6 Å². The Morgan fingerprint density at radius 1 is 0.969 bits per heavy atom. The lowest BCUT2D eigenvalue weighted by atomic mass is 9.94.